The highest BCUT2D eigenvalue weighted by atomic mass is 32.2. The summed E-state index contributed by atoms with van der Waals surface area (Å²) in [6.45, 7) is -0.624. The van der Waals surface area contributed by atoms with Crippen molar-refractivity contribution in [1.82, 2.24) is 14.9 Å². The van der Waals surface area contributed by atoms with E-state index in [1.165, 1.54) is 11.8 Å². The summed E-state index contributed by atoms with van der Waals surface area (Å²) in [5.41, 5.74) is 2.21. The molecule has 0 spiro atoms. The van der Waals surface area contributed by atoms with Gasteiger partial charge in [-0.15, -0.1) is 0 Å². The first kappa shape index (κ1) is 21.5. The average Bonchev–Trinajstić information content (AvgIpc) is 3.46. The van der Waals surface area contributed by atoms with Crippen LogP contribution in [-0.4, -0.2) is 33.9 Å². The molecule has 1 fully saturated rings. The Hall–Kier alpha value is -2.74. The number of hydrogen-bond donors (Lipinski definition) is 1. The van der Waals surface area contributed by atoms with Crippen LogP contribution in [0.3, 0.4) is 0 Å². The zero-order valence-corrected chi connectivity index (χ0v) is 17.5. The Labute approximate surface area is 182 Å². The van der Waals surface area contributed by atoms with Crippen LogP contribution < -0.4 is 5.32 Å². The summed E-state index contributed by atoms with van der Waals surface area (Å²) in [4.78, 5) is 16.6. The number of aromatic nitrogens is 2. The van der Waals surface area contributed by atoms with Crippen molar-refractivity contribution in [2.75, 3.05) is 12.3 Å². The van der Waals surface area contributed by atoms with Gasteiger partial charge >= 0.3 is 6.18 Å². The SMILES string of the molecule is O=C(CSc1ncc(-c2ccccc2)n1CC(F)(F)F)NCC1(c2ccccc2)CC1. The molecule has 1 N–H and O–H groups in total. The van der Waals surface area contributed by atoms with Gasteiger partial charge in [0.05, 0.1) is 17.6 Å². The normalized spacial score (nSPS) is 14.9. The lowest BCUT2D eigenvalue weighted by Gasteiger charge is -2.17. The Kier molecular flexibility index (Phi) is 6.09. The van der Waals surface area contributed by atoms with E-state index in [4.69, 9.17) is 0 Å². The first-order chi connectivity index (χ1) is 14.9. The third kappa shape index (κ3) is 5.31. The summed E-state index contributed by atoms with van der Waals surface area (Å²) in [7, 11) is 0. The van der Waals surface area contributed by atoms with Crippen LogP contribution in [0.2, 0.25) is 0 Å². The van der Waals surface area contributed by atoms with E-state index in [0.29, 0.717) is 17.8 Å². The topological polar surface area (TPSA) is 46.9 Å². The second-order valence-corrected chi connectivity index (χ2v) is 8.65. The molecule has 1 aromatic heterocycles. The summed E-state index contributed by atoms with van der Waals surface area (Å²) in [5, 5.41) is 3.12. The van der Waals surface area contributed by atoms with Crippen molar-refractivity contribution in [2.45, 2.75) is 36.1 Å². The molecule has 2 aromatic carbocycles. The molecule has 4 nitrogen and oxygen atoms in total. The molecule has 0 unspecified atom stereocenters. The van der Waals surface area contributed by atoms with Crippen LogP contribution >= 0.6 is 11.8 Å². The Bertz CT molecular complexity index is 1030. The van der Waals surface area contributed by atoms with Crippen molar-refractivity contribution in [3.05, 3.63) is 72.4 Å². The first-order valence-electron chi connectivity index (χ1n) is 9.99. The predicted molar refractivity (Wildman–Crippen MR) is 115 cm³/mol. The minimum atomic E-state index is -4.39. The molecule has 162 valence electrons. The molecule has 0 bridgehead atoms. The Morgan fingerprint density at radius 2 is 1.71 bits per heavy atom. The fourth-order valence-electron chi connectivity index (χ4n) is 3.60. The minimum Gasteiger partial charge on any atom is -0.354 e. The highest BCUT2D eigenvalue weighted by Gasteiger charge is 2.44. The molecule has 0 radical (unpaired) electrons. The molecular formula is C23H22F3N3OS. The third-order valence-corrected chi connectivity index (χ3v) is 6.41. The van der Waals surface area contributed by atoms with Crippen molar-refractivity contribution in [1.29, 1.82) is 0 Å². The molecule has 1 amide bonds. The van der Waals surface area contributed by atoms with Crippen molar-refractivity contribution in [2.24, 2.45) is 0 Å². The van der Waals surface area contributed by atoms with E-state index < -0.39 is 12.7 Å². The van der Waals surface area contributed by atoms with Gasteiger partial charge in [0.25, 0.3) is 0 Å². The van der Waals surface area contributed by atoms with Crippen molar-refractivity contribution >= 4 is 17.7 Å². The van der Waals surface area contributed by atoms with Crippen molar-refractivity contribution < 1.29 is 18.0 Å². The van der Waals surface area contributed by atoms with Gasteiger partial charge in [0.15, 0.2) is 5.16 Å². The number of nitrogens with zero attached hydrogens (tertiary/aromatic N) is 2. The number of nitrogens with one attached hydrogen (secondary N) is 1. The number of hydrogen-bond acceptors (Lipinski definition) is 3. The zero-order valence-electron chi connectivity index (χ0n) is 16.7. The minimum absolute atomic E-state index is 0.00791. The maximum Gasteiger partial charge on any atom is 0.406 e. The van der Waals surface area contributed by atoms with Gasteiger partial charge in [-0.2, -0.15) is 13.2 Å². The maximum atomic E-state index is 13.2. The summed E-state index contributed by atoms with van der Waals surface area (Å²) in [6, 6.07) is 18.9. The van der Waals surface area contributed by atoms with E-state index in [1.54, 1.807) is 30.3 Å². The van der Waals surface area contributed by atoms with E-state index in [9.17, 15) is 18.0 Å². The Morgan fingerprint density at radius 3 is 2.32 bits per heavy atom. The van der Waals surface area contributed by atoms with E-state index in [1.807, 2.05) is 18.2 Å². The molecule has 31 heavy (non-hydrogen) atoms. The molecule has 0 atom stereocenters. The van der Waals surface area contributed by atoms with Crippen molar-refractivity contribution in [3.8, 4) is 11.3 Å². The lowest BCUT2D eigenvalue weighted by Crippen LogP contribution is -2.33. The summed E-state index contributed by atoms with van der Waals surface area (Å²) in [6.07, 6.45) is -0.937. The lowest BCUT2D eigenvalue weighted by atomic mass is 9.96. The van der Waals surface area contributed by atoms with Gasteiger partial charge in [0.2, 0.25) is 5.91 Å². The number of amides is 1. The van der Waals surface area contributed by atoms with Crippen molar-refractivity contribution in [3.63, 3.8) is 0 Å². The van der Waals surface area contributed by atoms with Gasteiger partial charge in [0, 0.05) is 12.0 Å². The second-order valence-electron chi connectivity index (χ2n) is 7.71. The van der Waals surface area contributed by atoms with E-state index in [2.05, 4.69) is 22.4 Å². The molecule has 1 saturated carbocycles. The molecular weight excluding hydrogens is 423 g/mol. The summed E-state index contributed by atoms with van der Waals surface area (Å²) >= 11 is 1.02. The van der Waals surface area contributed by atoms with E-state index in [-0.39, 0.29) is 22.2 Å². The van der Waals surface area contributed by atoms with Gasteiger partial charge < -0.3 is 9.88 Å². The number of benzene rings is 2. The molecule has 8 heteroatoms. The molecule has 1 aliphatic carbocycles. The first-order valence-corrected chi connectivity index (χ1v) is 11.0. The smallest absolute Gasteiger partial charge is 0.354 e. The highest BCUT2D eigenvalue weighted by Crippen LogP contribution is 2.47. The fraction of sp³-hybridized carbons (Fsp3) is 0.304. The molecule has 1 aliphatic rings. The highest BCUT2D eigenvalue weighted by molar-refractivity contribution is 7.99. The number of rotatable bonds is 8. The summed E-state index contributed by atoms with van der Waals surface area (Å²) < 4.78 is 40.7. The maximum absolute atomic E-state index is 13.2. The van der Waals surface area contributed by atoms with Crippen LogP contribution in [0.5, 0.6) is 0 Å². The monoisotopic (exact) mass is 445 g/mol. The number of halogens is 3. The van der Waals surface area contributed by atoms with Gasteiger partial charge in [-0.3, -0.25) is 4.79 Å². The fourth-order valence-corrected chi connectivity index (χ4v) is 4.41. The zero-order chi connectivity index (χ0) is 21.9. The van der Waals surface area contributed by atoms with Crippen LogP contribution in [0, 0.1) is 0 Å². The van der Waals surface area contributed by atoms with Crippen LogP contribution in [0.25, 0.3) is 11.3 Å². The largest absolute Gasteiger partial charge is 0.406 e. The number of carbonyl (C=O) groups is 1. The van der Waals surface area contributed by atoms with E-state index >= 15 is 0 Å². The van der Waals surface area contributed by atoms with Crippen LogP contribution in [0.4, 0.5) is 13.2 Å². The van der Waals surface area contributed by atoms with Crippen LogP contribution in [0.1, 0.15) is 18.4 Å². The quantitative estimate of drug-likeness (QED) is 0.494. The van der Waals surface area contributed by atoms with Crippen LogP contribution in [0.15, 0.2) is 72.0 Å². The molecule has 3 aromatic rings. The van der Waals surface area contributed by atoms with Gasteiger partial charge in [-0.1, -0.05) is 72.4 Å². The average molecular weight is 446 g/mol. The molecule has 0 aliphatic heterocycles. The number of carbonyl (C=O) groups excluding carboxylic acids is 1. The standard InChI is InChI=1S/C23H22F3N3OS/c24-23(25,26)16-29-19(17-7-3-1-4-8-17)13-27-21(29)31-14-20(30)28-15-22(11-12-22)18-9-5-2-6-10-18/h1-10,13H,11-12,14-16H2,(H,28,30). The van der Waals surface area contributed by atoms with Gasteiger partial charge in [-0.25, -0.2) is 4.98 Å². The second kappa shape index (κ2) is 8.78. The third-order valence-electron chi connectivity index (χ3n) is 5.42. The predicted octanol–water partition coefficient (Wildman–Crippen LogP) is 5.05. The number of alkyl halides is 3. The molecule has 4 rings (SSSR count). The Morgan fingerprint density at radius 1 is 1.06 bits per heavy atom. The Balaban J connectivity index is 1.41. The van der Waals surface area contributed by atoms with Crippen LogP contribution in [-0.2, 0) is 16.8 Å². The lowest BCUT2D eigenvalue weighted by molar-refractivity contribution is -0.141. The molecule has 0 saturated heterocycles. The van der Waals surface area contributed by atoms with E-state index in [0.717, 1.165) is 29.2 Å². The van der Waals surface area contributed by atoms with Gasteiger partial charge in [-0.05, 0) is 24.0 Å². The number of imidazole rings is 1. The van der Waals surface area contributed by atoms with Gasteiger partial charge in [0.1, 0.15) is 6.54 Å². The number of thioether (sulfide) groups is 1. The summed E-state index contributed by atoms with van der Waals surface area (Å²) in [5.74, 6) is -0.205. The molecule has 1 heterocycles.